The highest BCUT2D eigenvalue weighted by atomic mass is 19.3. The minimum Gasteiger partial charge on any atom is -0.435 e. The first-order valence-corrected chi connectivity index (χ1v) is 4.08. The summed E-state index contributed by atoms with van der Waals surface area (Å²) in [5.74, 6) is -0.135. The molecule has 0 N–H and O–H groups in total. The van der Waals surface area contributed by atoms with E-state index in [1.165, 1.54) is 12.1 Å². The van der Waals surface area contributed by atoms with Gasteiger partial charge >= 0.3 is 6.61 Å². The van der Waals surface area contributed by atoms with Crippen LogP contribution in [0.1, 0.15) is 18.4 Å². The van der Waals surface area contributed by atoms with Crippen LogP contribution in [0.4, 0.5) is 8.78 Å². The average molecular weight is 197 g/mol. The average Bonchev–Trinajstić information content (AvgIpc) is 2.17. The summed E-state index contributed by atoms with van der Waals surface area (Å²) in [4.78, 5) is 0. The first-order valence-electron chi connectivity index (χ1n) is 4.08. The minimum atomic E-state index is -2.81. The van der Waals surface area contributed by atoms with Crippen LogP contribution in [0.15, 0.2) is 24.3 Å². The largest absolute Gasteiger partial charge is 0.435 e. The highest BCUT2D eigenvalue weighted by Crippen LogP contribution is 2.19. The summed E-state index contributed by atoms with van der Waals surface area (Å²) in [7, 11) is 0. The van der Waals surface area contributed by atoms with Crippen LogP contribution >= 0.6 is 0 Å². The number of nitriles is 1. The highest BCUT2D eigenvalue weighted by Gasteiger charge is 2.06. The Balaban J connectivity index is 2.74. The van der Waals surface area contributed by atoms with Gasteiger partial charge in [0.05, 0.1) is 12.0 Å². The normalized spacial score (nSPS) is 12.2. The third-order valence-corrected chi connectivity index (χ3v) is 1.80. The molecule has 0 saturated carbocycles. The van der Waals surface area contributed by atoms with E-state index in [2.05, 4.69) is 10.8 Å². The molecule has 1 atom stereocenters. The Morgan fingerprint density at radius 2 is 1.86 bits per heavy atom. The van der Waals surface area contributed by atoms with E-state index in [4.69, 9.17) is 5.26 Å². The highest BCUT2D eigenvalue weighted by molar-refractivity contribution is 5.31. The second-order valence-electron chi connectivity index (χ2n) is 2.80. The van der Waals surface area contributed by atoms with Crippen molar-refractivity contribution in [3.8, 4) is 11.8 Å². The smallest absolute Gasteiger partial charge is 0.387 e. The fourth-order valence-corrected chi connectivity index (χ4v) is 1.01. The Bertz CT molecular complexity index is 329. The zero-order chi connectivity index (χ0) is 10.6. The molecule has 0 spiro atoms. The van der Waals surface area contributed by atoms with Gasteiger partial charge in [0.1, 0.15) is 5.75 Å². The van der Waals surface area contributed by atoms with Gasteiger partial charge in [-0.1, -0.05) is 12.1 Å². The molecular weight excluding hydrogens is 188 g/mol. The molecule has 0 aromatic heterocycles. The van der Waals surface area contributed by atoms with Crippen molar-refractivity contribution in [1.82, 2.24) is 0 Å². The minimum absolute atomic E-state index is 0.105. The lowest BCUT2D eigenvalue weighted by molar-refractivity contribution is -0.0498. The molecule has 1 rings (SSSR count). The van der Waals surface area contributed by atoms with Crippen LogP contribution in [-0.2, 0) is 0 Å². The molecule has 1 unspecified atom stereocenters. The molecule has 1 aromatic carbocycles. The molecule has 0 aliphatic carbocycles. The van der Waals surface area contributed by atoms with Crippen LogP contribution in [0.2, 0.25) is 0 Å². The van der Waals surface area contributed by atoms with Crippen molar-refractivity contribution in [2.75, 3.05) is 0 Å². The lowest BCUT2D eigenvalue weighted by Crippen LogP contribution is -2.01. The van der Waals surface area contributed by atoms with Crippen LogP contribution < -0.4 is 4.74 Å². The number of benzene rings is 1. The second kappa shape index (κ2) is 4.56. The first-order chi connectivity index (χ1) is 6.63. The monoisotopic (exact) mass is 197 g/mol. The summed E-state index contributed by atoms with van der Waals surface area (Å²) in [6.45, 7) is -1.07. The van der Waals surface area contributed by atoms with Crippen LogP contribution in [-0.4, -0.2) is 6.61 Å². The maximum atomic E-state index is 11.8. The van der Waals surface area contributed by atoms with E-state index >= 15 is 0 Å². The summed E-state index contributed by atoms with van der Waals surface area (Å²) in [6.07, 6.45) is 0. The molecule has 14 heavy (non-hydrogen) atoms. The number of rotatable bonds is 3. The summed E-state index contributed by atoms with van der Waals surface area (Å²) < 4.78 is 27.7. The van der Waals surface area contributed by atoms with Gasteiger partial charge in [-0.15, -0.1) is 0 Å². The van der Waals surface area contributed by atoms with E-state index in [0.29, 0.717) is 0 Å². The molecule has 0 radical (unpaired) electrons. The summed E-state index contributed by atoms with van der Waals surface area (Å²) in [5.41, 5.74) is 0.786. The molecule has 2 nitrogen and oxygen atoms in total. The van der Waals surface area contributed by atoms with Crippen molar-refractivity contribution < 1.29 is 13.5 Å². The Kier molecular flexibility index (Phi) is 3.41. The van der Waals surface area contributed by atoms with E-state index in [0.717, 1.165) is 5.56 Å². The SMILES string of the molecule is CC(C#N)c1ccc(OC(F)F)cc1. The lowest BCUT2D eigenvalue weighted by atomic mass is 10.0. The van der Waals surface area contributed by atoms with Crippen molar-refractivity contribution in [1.29, 1.82) is 5.26 Å². The van der Waals surface area contributed by atoms with Gasteiger partial charge in [-0.05, 0) is 24.6 Å². The van der Waals surface area contributed by atoms with Gasteiger partial charge in [-0.3, -0.25) is 0 Å². The quantitative estimate of drug-likeness (QED) is 0.746. The summed E-state index contributed by atoms with van der Waals surface area (Å²) >= 11 is 0. The van der Waals surface area contributed by atoms with Gasteiger partial charge in [-0.2, -0.15) is 14.0 Å². The number of ether oxygens (including phenoxy) is 1. The zero-order valence-corrected chi connectivity index (χ0v) is 7.58. The Morgan fingerprint density at radius 3 is 2.29 bits per heavy atom. The third-order valence-electron chi connectivity index (χ3n) is 1.80. The first kappa shape index (κ1) is 10.5. The Hall–Kier alpha value is -1.63. The molecule has 0 heterocycles. The molecule has 1 aromatic rings. The summed E-state index contributed by atoms with van der Waals surface area (Å²) in [5, 5.41) is 8.60. The molecule has 0 amide bonds. The van der Waals surface area contributed by atoms with E-state index in [-0.39, 0.29) is 11.7 Å². The number of halogens is 2. The predicted octanol–water partition coefficient (Wildman–Crippen LogP) is 2.92. The van der Waals surface area contributed by atoms with Crippen molar-refractivity contribution in [3.63, 3.8) is 0 Å². The van der Waals surface area contributed by atoms with Crippen LogP contribution in [0, 0.1) is 11.3 Å². The van der Waals surface area contributed by atoms with E-state index in [1.54, 1.807) is 19.1 Å². The molecule has 0 aliphatic heterocycles. The van der Waals surface area contributed by atoms with Gasteiger partial charge in [0.2, 0.25) is 0 Å². The van der Waals surface area contributed by atoms with E-state index < -0.39 is 6.61 Å². The molecule has 74 valence electrons. The van der Waals surface area contributed by atoms with E-state index in [9.17, 15) is 8.78 Å². The lowest BCUT2D eigenvalue weighted by Gasteiger charge is -2.06. The third kappa shape index (κ3) is 2.70. The molecule has 0 bridgehead atoms. The number of nitrogens with zero attached hydrogens (tertiary/aromatic N) is 1. The fraction of sp³-hybridized carbons (Fsp3) is 0.300. The molecule has 4 heteroatoms. The Labute approximate surface area is 80.7 Å². The molecule has 0 fully saturated rings. The number of hydrogen-bond acceptors (Lipinski definition) is 2. The number of alkyl halides is 2. The van der Waals surface area contributed by atoms with Gasteiger partial charge in [0.25, 0.3) is 0 Å². The van der Waals surface area contributed by atoms with Gasteiger partial charge < -0.3 is 4.74 Å². The Morgan fingerprint density at radius 1 is 1.29 bits per heavy atom. The van der Waals surface area contributed by atoms with Crippen molar-refractivity contribution in [2.45, 2.75) is 19.5 Å². The predicted molar refractivity (Wildman–Crippen MR) is 47.1 cm³/mol. The molecule has 0 aliphatic rings. The molecule has 0 saturated heterocycles. The fourth-order valence-electron chi connectivity index (χ4n) is 1.01. The zero-order valence-electron chi connectivity index (χ0n) is 7.58. The maximum Gasteiger partial charge on any atom is 0.387 e. The van der Waals surface area contributed by atoms with Crippen LogP contribution in [0.5, 0.6) is 5.75 Å². The van der Waals surface area contributed by atoms with Crippen molar-refractivity contribution in [3.05, 3.63) is 29.8 Å². The van der Waals surface area contributed by atoms with Crippen molar-refractivity contribution in [2.24, 2.45) is 0 Å². The second-order valence-corrected chi connectivity index (χ2v) is 2.80. The van der Waals surface area contributed by atoms with Gasteiger partial charge in [0, 0.05) is 0 Å². The number of hydrogen-bond donors (Lipinski definition) is 0. The van der Waals surface area contributed by atoms with E-state index in [1.807, 2.05) is 0 Å². The van der Waals surface area contributed by atoms with Gasteiger partial charge in [0.15, 0.2) is 0 Å². The topological polar surface area (TPSA) is 33.0 Å². The van der Waals surface area contributed by atoms with Crippen LogP contribution in [0.3, 0.4) is 0 Å². The van der Waals surface area contributed by atoms with Crippen molar-refractivity contribution >= 4 is 0 Å². The standard InChI is InChI=1S/C10H9F2NO/c1-7(6-13)8-2-4-9(5-3-8)14-10(11)12/h2-5,7,10H,1H3. The summed E-state index contributed by atoms with van der Waals surface area (Å²) in [6, 6.07) is 8.11. The molecular formula is C10H9F2NO. The van der Waals surface area contributed by atoms with Crippen LogP contribution in [0.25, 0.3) is 0 Å². The van der Waals surface area contributed by atoms with Gasteiger partial charge in [-0.25, -0.2) is 0 Å². The maximum absolute atomic E-state index is 11.8.